The standard InChI is InChI=1S/C15H20ClNOS/c16-13-8-11(15(10-17)5-6-15)3-4-14(13)18-12-2-1-7-19-9-12/h3-4,8,12H,1-2,5-7,9-10,17H2. The normalized spacial score (nSPS) is 25.1. The van der Waals surface area contributed by atoms with Crippen LogP contribution in [-0.2, 0) is 5.41 Å². The zero-order valence-electron chi connectivity index (χ0n) is 11.0. The van der Waals surface area contributed by atoms with Gasteiger partial charge in [0.2, 0.25) is 0 Å². The Morgan fingerprint density at radius 2 is 2.26 bits per heavy atom. The van der Waals surface area contributed by atoms with Gasteiger partial charge in [-0.3, -0.25) is 0 Å². The van der Waals surface area contributed by atoms with Crippen LogP contribution in [0.25, 0.3) is 0 Å². The lowest BCUT2D eigenvalue weighted by atomic mass is 9.96. The molecule has 2 fully saturated rings. The second kappa shape index (κ2) is 5.55. The second-order valence-corrected chi connectivity index (χ2v) is 7.14. The number of hydrogen-bond acceptors (Lipinski definition) is 3. The topological polar surface area (TPSA) is 35.2 Å². The molecule has 2 aliphatic rings. The maximum atomic E-state index is 6.37. The van der Waals surface area contributed by atoms with Crippen molar-refractivity contribution < 1.29 is 4.74 Å². The summed E-state index contributed by atoms with van der Waals surface area (Å²) in [7, 11) is 0. The zero-order chi connectivity index (χ0) is 13.3. The molecule has 0 aromatic heterocycles. The average molecular weight is 298 g/mol. The van der Waals surface area contributed by atoms with Gasteiger partial charge in [0.05, 0.1) is 5.02 Å². The Morgan fingerprint density at radius 1 is 1.42 bits per heavy atom. The first-order valence-corrected chi connectivity index (χ1v) is 8.51. The van der Waals surface area contributed by atoms with Gasteiger partial charge in [-0.2, -0.15) is 11.8 Å². The maximum Gasteiger partial charge on any atom is 0.138 e. The van der Waals surface area contributed by atoms with Crippen molar-refractivity contribution >= 4 is 23.4 Å². The van der Waals surface area contributed by atoms with Crippen molar-refractivity contribution in [3.05, 3.63) is 28.8 Å². The largest absolute Gasteiger partial charge is 0.488 e. The fraction of sp³-hybridized carbons (Fsp3) is 0.600. The van der Waals surface area contributed by atoms with E-state index in [0.29, 0.717) is 12.6 Å². The summed E-state index contributed by atoms with van der Waals surface area (Å²) in [6.45, 7) is 0.711. The molecule has 2 N–H and O–H groups in total. The monoisotopic (exact) mass is 297 g/mol. The third-order valence-corrected chi connectivity index (χ3v) is 5.68. The highest BCUT2D eigenvalue weighted by atomic mass is 35.5. The molecule has 1 unspecified atom stereocenters. The number of halogens is 1. The molecule has 0 spiro atoms. The number of benzene rings is 1. The average Bonchev–Trinajstić information content (AvgIpc) is 3.23. The fourth-order valence-corrected chi connectivity index (χ4v) is 3.93. The lowest BCUT2D eigenvalue weighted by Crippen LogP contribution is -2.23. The Kier molecular flexibility index (Phi) is 3.97. The van der Waals surface area contributed by atoms with Gasteiger partial charge in [-0.1, -0.05) is 17.7 Å². The highest BCUT2D eigenvalue weighted by molar-refractivity contribution is 7.99. The first-order valence-electron chi connectivity index (χ1n) is 6.98. The Bertz CT molecular complexity index is 455. The van der Waals surface area contributed by atoms with Crippen LogP contribution in [0.2, 0.25) is 5.02 Å². The van der Waals surface area contributed by atoms with E-state index in [4.69, 9.17) is 22.1 Å². The molecule has 1 saturated heterocycles. The van der Waals surface area contributed by atoms with Crippen LogP contribution in [-0.4, -0.2) is 24.2 Å². The number of rotatable bonds is 4. The third kappa shape index (κ3) is 2.88. The van der Waals surface area contributed by atoms with Crippen LogP contribution in [0.3, 0.4) is 0 Å². The second-order valence-electron chi connectivity index (χ2n) is 5.59. The van der Waals surface area contributed by atoms with E-state index in [2.05, 4.69) is 6.07 Å². The van der Waals surface area contributed by atoms with Crippen molar-refractivity contribution in [1.29, 1.82) is 0 Å². The van der Waals surface area contributed by atoms with Crippen molar-refractivity contribution in [1.82, 2.24) is 0 Å². The Hall–Kier alpha value is -0.380. The Balaban J connectivity index is 1.72. The highest BCUT2D eigenvalue weighted by Gasteiger charge is 2.43. The summed E-state index contributed by atoms with van der Waals surface area (Å²) in [6.07, 6.45) is 5.05. The molecule has 3 rings (SSSR count). The summed E-state index contributed by atoms with van der Waals surface area (Å²) in [6, 6.07) is 6.20. The molecule has 1 atom stereocenters. The minimum absolute atomic E-state index is 0.197. The maximum absolute atomic E-state index is 6.37. The van der Waals surface area contributed by atoms with Crippen LogP contribution in [0.1, 0.15) is 31.2 Å². The lowest BCUT2D eigenvalue weighted by Gasteiger charge is -2.23. The molecule has 0 radical (unpaired) electrons. The quantitative estimate of drug-likeness (QED) is 0.922. The van der Waals surface area contributed by atoms with E-state index in [0.717, 1.165) is 22.9 Å². The summed E-state index contributed by atoms with van der Waals surface area (Å²) in [5.41, 5.74) is 7.33. The Morgan fingerprint density at radius 3 is 2.84 bits per heavy atom. The Labute approximate surface area is 124 Å². The summed E-state index contributed by atoms with van der Waals surface area (Å²) in [5.74, 6) is 3.15. The van der Waals surface area contributed by atoms with Crippen LogP contribution in [0.15, 0.2) is 18.2 Å². The van der Waals surface area contributed by atoms with E-state index in [-0.39, 0.29) is 5.41 Å². The van der Waals surface area contributed by atoms with E-state index in [1.807, 2.05) is 23.9 Å². The molecule has 4 heteroatoms. The molecule has 104 valence electrons. The predicted molar refractivity (Wildman–Crippen MR) is 82.4 cm³/mol. The summed E-state index contributed by atoms with van der Waals surface area (Å²) in [5, 5.41) is 0.729. The SMILES string of the molecule is NCC1(c2ccc(OC3CCCSC3)c(Cl)c2)CC1. The molecule has 1 aliphatic heterocycles. The molecular formula is C15H20ClNOS. The molecular weight excluding hydrogens is 278 g/mol. The molecule has 19 heavy (non-hydrogen) atoms. The van der Waals surface area contributed by atoms with Gasteiger partial charge in [-0.05, 0) is 49.1 Å². The van der Waals surface area contributed by atoms with Gasteiger partial charge >= 0.3 is 0 Å². The van der Waals surface area contributed by atoms with E-state index >= 15 is 0 Å². The van der Waals surface area contributed by atoms with Crippen LogP contribution >= 0.6 is 23.4 Å². The van der Waals surface area contributed by atoms with Crippen LogP contribution in [0.4, 0.5) is 0 Å². The van der Waals surface area contributed by atoms with Gasteiger partial charge in [0, 0.05) is 17.7 Å². The molecule has 1 aromatic rings. The first kappa shape index (κ1) is 13.6. The molecule has 0 bridgehead atoms. The van der Waals surface area contributed by atoms with Gasteiger partial charge < -0.3 is 10.5 Å². The molecule has 1 saturated carbocycles. The predicted octanol–water partition coefficient (Wildman–Crippen LogP) is 3.60. The first-order chi connectivity index (χ1) is 9.23. The van der Waals surface area contributed by atoms with Crippen molar-refractivity contribution in [2.24, 2.45) is 5.73 Å². The smallest absolute Gasteiger partial charge is 0.138 e. The van der Waals surface area contributed by atoms with Crippen molar-refractivity contribution in [3.63, 3.8) is 0 Å². The minimum atomic E-state index is 0.197. The fourth-order valence-electron chi connectivity index (χ4n) is 2.67. The van der Waals surface area contributed by atoms with Gasteiger partial charge in [0.25, 0.3) is 0 Å². The van der Waals surface area contributed by atoms with Crippen LogP contribution in [0.5, 0.6) is 5.75 Å². The molecule has 1 aliphatic carbocycles. The molecule has 0 amide bonds. The molecule has 1 heterocycles. The highest BCUT2D eigenvalue weighted by Crippen LogP contribution is 2.48. The van der Waals surface area contributed by atoms with Gasteiger partial charge in [-0.25, -0.2) is 0 Å². The summed E-state index contributed by atoms with van der Waals surface area (Å²) in [4.78, 5) is 0. The third-order valence-electron chi connectivity index (χ3n) is 4.20. The number of nitrogens with two attached hydrogens (primary N) is 1. The lowest BCUT2D eigenvalue weighted by molar-refractivity contribution is 0.211. The van der Waals surface area contributed by atoms with Crippen LogP contribution < -0.4 is 10.5 Å². The van der Waals surface area contributed by atoms with Crippen LogP contribution in [0, 0.1) is 0 Å². The van der Waals surface area contributed by atoms with E-state index in [1.165, 1.54) is 30.6 Å². The molecule has 1 aromatic carbocycles. The number of ether oxygens (including phenoxy) is 1. The van der Waals surface area contributed by atoms with Gasteiger partial charge in [-0.15, -0.1) is 0 Å². The summed E-state index contributed by atoms with van der Waals surface area (Å²) < 4.78 is 6.02. The number of thioether (sulfide) groups is 1. The minimum Gasteiger partial charge on any atom is -0.488 e. The zero-order valence-corrected chi connectivity index (χ0v) is 12.6. The van der Waals surface area contributed by atoms with E-state index in [1.54, 1.807) is 0 Å². The number of hydrogen-bond donors (Lipinski definition) is 1. The van der Waals surface area contributed by atoms with Gasteiger partial charge in [0.1, 0.15) is 11.9 Å². The van der Waals surface area contributed by atoms with Crippen molar-refractivity contribution in [3.8, 4) is 5.75 Å². The van der Waals surface area contributed by atoms with E-state index in [9.17, 15) is 0 Å². The van der Waals surface area contributed by atoms with Crippen molar-refractivity contribution in [2.45, 2.75) is 37.2 Å². The summed E-state index contributed by atoms with van der Waals surface area (Å²) >= 11 is 8.33. The van der Waals surface area contributed by atoms with Gasteiger partial charge in [0.15, 0.2) is 0 Å². The van der Waals surface area contributed by atoms with Crippen molar-refractivity contribution in [2.75, 3.05) is 18.1 Å². The molecule has 2 nitrogen and oxygen atoms in total. The van der Waals surface area contributed by atoms with E-state index < -0.39 is 0 Å².